The molecule has 0 saturated carbocycles. The zero-order chi connectivity index (χ0) is 18.7. The Labute approximate surface area is 165 Å². The second kappa shape index (κ2) is 8.16. The number of thiophene rings is 1. The van der Waals surface area contributed by atoms with E-state index in [0.717, 1.165) is 12.0 Å². The molecule has 0 aliphatic carbocycles. The summed E-state index contributed by atoms with van der Waals surface area (Å²) in [4.78, 5) is 27.3. The van der Waals surface area contributed by atoms with E-state index >= 15 is 0 Å². The fourth-order valence-electron chi connectivity index (χ4n) is 2.38. The number of benzene rings is 1. The molecule has 3 rings (SSSR count). The Kier molecular flexibility index (Phi) is 5.90. The molecule has 1 aromatic carbocycles. The maximum absolute atomic E-state index is 12.5. The summed E-state index contributed by atoms with van der Waals surface area (Å²) in [6, 6.07) is 10.7. The molecule has 0 bridgehead atoms. The van der Waals surface area contributed by atoms with Crippen molar-refractivity contribution < 1.29 is 14.3 Å². The fourth-order valence-corrected chi connectivity index (χ4v) is 4.44. The van der Waals surface area contributed by atoms with Crippen molar-refractivity contribution in [2.45, 2.75) is 26.3 Å². The van der Waals surface area contributed by atoms with Gasteiger partial charge >= 0.3 is 5.97 Å². The van der Waals surface area contributed by atoms with Gasteiger partial charge in [0.2, 0.25) is 0 Å². The van der Waals surface area contributed by atoms with Crippen molar-refractivity contribution in [3.63, 3.8) is 0 Å². The molecule has 0 N–H and O–H groups in total. The van der Waals surface area contributed by atoms with Crippen molar-refractivity contribution in [1.29, 1.82) is 0 Å². The number of amides is 1. The number of hydrogen-bond donors (Lipinski definition) is 0. The minimum absolute atomic E-state index is 0.0532. The highest BCUT2D eigenvalue weighted by atomic mass is 32.2. The Balaban J connectivity index is 1.71. The van der Waals surface area contributed by atoms with Gasteiger partial charge in [0.05, 0.1) is 4.91 Å². The lowest BCUT2D eigenvalue weighted by atomic mass is 10.2. The average Bonchev–Trinajstić information content (AvgIpc) is 3.25. The third-order valence-electron chi connectivity index (χ3n) is 3.97. The number of thiocarbonyl (C=S) groups is 1. The monoisotopic (exact) mass is 403 g/mol. The van der Waals surface area contributed by atoms with Crippen LogP contribution in [-0.4, -0.2) is 27.1 Å². The van der Waals surface area contributed by atoms with E-state index in [1.165, 1.54) is 23.1 Å². The molecule has 2 aromatic rings. The van der Waals surface area contributed by atoms with Crippen LogP contribution in [-0.2, 0) is 4.79 Å². The third-order valence-corrected chi connectivity index (χ3v) is 6.15. The lowest BCUT2D eigenvalue weighted by Crippen LogP contribution is -2.36. The third kappa shape index (κ3) is 4.06. The lowest BCUT2D eigenvalue weighted by molar-refractivity contribution is -0.123. The summed E-state index contributed by atoms with van der Waals surface area (Å²) in [6.07, 6.45) is 2.66. The Bertz CT molecular complexity index is 857. The van der Waals surface area contributed by atoms with E-state index in [1.54, 1.807) is 29.2 Å². The Morgan fingerprint density at radius 3 is 2.65 bits per heavy atom. The molecule has 1 aliphatic rings. The van der Waals surface area contributed by atoms with Crippen LogP contribution in [0.3, 0.4) is 0 Å². The van der Waals surface area contributed by atoms with Gasteiger partial charge in [0.1, 0.15) is 14.9 Å². The van der Waals surface area contributed by atoms with Crippen LogP contribution in [0.5, 0.6) is 5.75 Å². The van der Waals surface area contributed by atoms with Crippen LogP contribution in [0.25, 0.3) is 6.08 Å². The largest absolute Gasteiger partial charge is 0.422 e. The Hall–Kier alpha value is -1.96. The summed E-state index contributed by atoms with van der Waals surface area (Å²) < 4.78 is 5.93. The van der Waals surface area contributed by atoms with Crippen molar-refractivity contribution >= 4 is 57.6 Å². The van der Waals surface area contributed by atoms with Crippen LogP contribution >= 0.6 is 35.3 Å². The van der Waals surface area contributed by atoms with Gasteiger partial charge in [-0.3, -0.25) is 9.69 Å². The van der Waals surface area contributed by atoms with Crippen LogP contribution in [0.1, 0.15) is 35.5 Å². The topological polar surface area (TPSA) is 46.6 Å². The van der Waals surface area contributed by atoms with Crippen molar-refractivity contribution in [1.82, 2.24) is 4.90 Å². The number of carbonyl (C=O) groups excluding carboxylic acids is 2. The van der Waals surface area contributed by atoms with Crippen LogP contribution in [0.15, 0.2) is 46.7 Å². The zero-order valence-corrected chi connectivity index (χ0v) is 16.7. The van der Waals surface area contributed by atoms with E-state index in [4.69, 9.17) is 17.0 Å². The predicted molar refractivity (Wildman–Crippen MR) is 110 cm³/mol. The molecular formula is C19H17NO3S3. The van der Waals surface area contributed by atoms with E-state index in [-0.39, 0.29) is 17.9 Å². The summed E-state index contributed by atoms with van der Waals surface area (Å²) in [6.45, 7) is 4.02. The molecule has 0 radical (unpaired) electrons. The van der Waals surface area contributed by atoms with Gasteiger partial charge < -0.3 is 4.74 Å². The highest BCUT2D eigenvalue weighted by Gasteiger charge is 2.34. The van der Waals surface area contributed by atoms with Crippen LogP contribution in [0.2, 0.25) is 0 Å². The summed E-state index contributed by atoms with van der Waals surface area (Å²) in [7, 11) is 0. The smallest absolute Gasteiger partial charge is 0.353 e. The molecule has 0 unspecified atom stereocenters. The van der Waals surface area contributed by atoms with Gasteiger partial charge in [-0.15, -0.1) is 11.3 Å². The van der Waals surface area contributed by atoms with E-state index in [2.05, 4.69) is 0 Å². The quantitative estimate of drug-likeness (QED) is 0.305. The maximum atomic E-state index is 12.5. The van der Waals surface area contributed by atoms with E-state index < -0.39 is 0 Å². The van der Waals surface area contributed by atoms with E-state index in [1.807, 2.05) is 37.4 Å². The van der Waals surface area contributed by atoms with Crippen LogP contribution in [0.4, 0.5) is 0 Å². The number of ether oxygens (including phenoxy) is 1. The molecule has 2 heterocycles. The average molecular weight is 404 g/mol. The molecule has 1 aliphatic heterocycles. The second-order valence-electron chi connectivity index (χ2n) is 5.74. The molecule has 1 saturated heterocycles. The van der Waals surface area contributed by atoms with Gasteiger partial charge in [0.25, 0.3) is 5.91 Å². The van der Waals surface area contributed by atoms with Gasteiger partial charge in [-0.2, -0.15) is 0 Å². The molecule has 1 amide bonds. The maximum Gasteiger partial charge on any atom is 0.353 e. The van der Waals surface area contributed by atoms with Gasteiger partial charge in [-0.05, 0) is 48.6 Å². The molecule has 134 valence electrons. The fraction of sp³-hybridized carbons (Fsp3) is 0.211. The first-order chi connectivity index (χ1) is 12.5. The highest BCUT2D eigenvalue weighted by molar-refractivity contribution is 8.26. The van der Waals surface area contributed by atoms with Crippen molar-refractivity contribution in [2.75, 3.05) is 0 Å². The van der Waals surface area contributed by atoms with Crippen molar-refractivity contribution in [3.05, 3.63) is 57.1 Å². The number of rotatable bonds is 5. The molecule has 1 aromatic heterocycles. The molecular weight excluding hydrogens is 386 g/mol. The minimum atomic E-state index is -0.373. The first-order valence-electron chi connectivity index (χ1n) is 8.12. The van der Waals surface area contributed by atoms with Crippen molar-refractivity contribution in [2.24, 2.45) is 0 Å². The SMILES string of the molecule is CC[C@@H](C)N1C(=O)/C(=C/c2ccc(OC(=O)c3cccs3)cc2)SC1=S. The molecule has 1 fully saturated rings. The van der Waals surface area contributed by atoms with E-state index in [9.17, 15) is 9.59 Å². The summed E-state index contributed by atoms with van der Waals surface area (Å²) in [5, 5.41) is 1.83. The Morgan fingerprint density at radius 1 is 1.31 bits per heavy atom. The number of thioether (sulfide) groups is 1. The van der Waals surface area contributed by atoms with E-state index in [0.29, 0.717) is 19.9 Å². The molecule has 4 nitrogen and oxygen atoms in total. The Morgan fingerprint density at radius 2 is 2.04 bits per heavy atom. The zero-order valence-electron chi connectivity index (χ0n) is 14.3. The summed E-state index contributed by atoms with van der Waals surface area (Å²) >= 11 is 7.99. The molecule has 26 heavy (non-hydrogen) atoms. The van der Waals surface area contributed by atoms with Gasteiger partial charge in [-0.25, -0.2) is 4.79 Å². The van der Waals surface area contributed by atoms with Gasteiger partial charge in [0.15, 0.2) is 0 Å². The standard InChI is InChI=1S/C19H17NO3S3/c1-3-12(2)20-17(21)16(26-19(20)24)11-13-6-8-14(9-7-13)23-18(22)15-5-4-10-25-15/h4-12H,3H2,1-2H3/b16-11-/t12-/m1/s1. The normalized spacial score (nSPS) is 17.0. The second-order valence-corrected chi connectivity index (χ2v) is 8.37. The molecule has 7 heteroatoms. The molecule has 0 spiro atoms. The number of carbonyl (C=O) groups is 2. The van der Waals surface area contributed by atoms with Crippen LogP contribution in [0, 0.1) is 0 Å². The van der Waals surface area contributed by atoms with Gasteiger partial charge in [0, 0.05) is 6.04 Å². The molecule has 1 atom stereocenters. The number of esters is 1. The number of nitrogens with zero attached hydrogens (tertiary/aromatic N) is 1. The first kappa shape index (κ1) is 18.8. The van der Waals surface area contributed by atoms with Crippen LogP contribution < -0.4 is 4.74 Å². The first-order valence-corrected chi connectivity index (χ1v) is 10.2. The highest BCUT2D eigenvalue weighted by Crippen LogP contribution is 2.34. The number of hydrogen-bond acceptors (Lipinski definition) is 6. The minimum Gasteiger partial charge on any atom is -0.422 e. The summed E-state index contributed by atoms with van der Waals surface area (Å²) in [5.74, 6) is 0.0393. The summed E-state index contributed by atoms with van der Waals surface area (Å²) in [5.41, 5.74) is 0.852. The predicted octanol–water partition coefficient (Wildman–Crippen LogP) is 4.97. The lowest BCUT2D eigenvalue weighted by Gasteiger charge is -2.21. The van der Waals surface area contributed by atoms with Gasteiger partial charge in [-0.1, -0.05) is 49.1 Å². The van der Waals surface area contributed by atoms with Crippen molar-refractivity contribution in [3.8, 4) is 5.75 Å².